The molecule has 0 radical (unpaired) electrons. The van der Waals surface area contributed by atoms with E-state index in [1.807, 2.05) is 6.92 Å². The van der Waals surface area contributed by atoms with Gasteiger partial charge in [-0.1, -0.05) is 23.7 Å². The highest BCUT2D eigenvalue weighted by molar-refractivity contribution is 6.32. The number of amidine groups is 1. The van der Waals surface area contributed by atoms with Gasteiger partial charge in [-0.25, -0.2) is 0 Å². The maximum atomic E-state index is 12.4. The lowest BCUT2D eigenvalue weighted by molar-refractivity contribution is -0.384. The van der Waals surface area contributed by atoms with Gasteiger partial charge in [0.15, 0.2) is 0 Å². The van der Waals surface area contributed by atoms with Crippen molar-refractivity contribution in [2.24, 2.45) is 5.10 Å². The van der Waals surface area contributed by atoms with Gasteiger partial charge in [0.05, 0.1) is 17.0 Å². The molecule has 0 spiro atoms. The molecule has 2 aromatic carbocycles. The number of hydrogen-bond donors (Lipinski definition) is 1. The Kier molecular flexibility index (Phi) is 4.91. The van der Waals surface area contributed by atoms with Crippen LogP contribution in [0.2, 0.25) is 5.02 Å². The number of nitro benzene ring substituents is 1. The third-order valence-corrected chi connectivity index (χ3v) is 4.54. The number of carbonyl (C=O) groups is 2. The molecule has 1 N–H and O–H groups in total. The standard InChI is InChI=1S/C18H15ClN4O4/c1-10-6-7-14(19)11(2)17(10)22-16(24)9-15(21-22)20-18(25)12-4-3-5-13(8-12)23(26)27/h3-8H,9H2,1-2H3,(H,20,21,25). The lowest BCUT2D eigenvalue weighted by Crippen LogP contribution is -2.29. The smallest absolute Gasteiger partial charge is 0.270 e. The second-order valence-corrected chi connectivity index (χ2v) is 6.44. The molecule has 3 rings (SSSR count). The number of nitrogens with one attached hydrogen (secondary N) is 1. The van der Waals surface area contributed by atoms with E-state index in [4.69, 9.17) is 11.6 Å². The Hall–Kier alpha value is -3.26. The quantitative estimate of drug-likeness (QED) is 0.645. The van der Waals surface area contributed by atoms with Crippen LogP contribution in [0.15, 0.2) is 41.5 Å². The number of nitrogens with zero attached hydrogens (tertiary/aromatic N) is 3. The topological polar surface area (TPSA) is 105 Å². The van der Waals surface area contributed by atoms with Crippen LogP contribution in [0.5, 0.6) is 0 Å². The summed E-state index contributed by atoms with van der Waals surface area (Å²) in [5.41, 5.74) is 2.01. The maximum Gasteiger partial charge on any atom is 0.270 e. The number of nitro groups is 1. The fourth-order valence-electron chi connectivity index (χ4n) is 2.77. The number of amides is 2. The zero-order valence-electron chi connectivity index (χ0n) is 14.5. The van der Waals surface area contributed by atoms with E-state index in [0.29, 0.717) is 16.3 Å². The molecular weight excluding hydrogens is 372 g/mol. The summed E-state index contributed by atoms with van der Waals surface area (Å²) < 4.78 is 0. The second kappa shape index (κ2) is 7.16. The minimum absolute atomic E-state index is 0.0912. The van der Waals surface area contributed by atoms with Gasteiger partial charge in [-0.15, -0.1) is 0 Å². The van der Waals surface area contributed by atoms with Gasteiger partial charge in [-0.3, -0.25) is 19.7 Å². The molecule has 1 aliphatic rings. The first-order valence-electron chi connectivity index (χ1n) is 8.00. The van der Waals surface area contributed by atoms with E-state index in [2.05, 4.69) is 10.4 Å². The molecule has 0 aliphatic carbocycles. The van der Waals surface area contributed by atoms with Crippen LogP contribution in [-0.4, -0.2) is 22.6 Å². The van der Waals surface area contributed by atoms with Crippen LogP contribution in [0, 0.1) is 24.0 Å². The first kappa shape index (κ1) is 18.5. The normalized spacial score (nSPS) is 13.5. The number of hydrazone groups is 1. The van der Waals surface area contributed by atoms with E-state index in [-0.39, 0.29) is 29.4 Å². The molecule has 0 bridgehead atoms. The number of hydrogen-bond acceptors (Lipinski definition) is 5. The monoisotopic (exact) mass is 386 g/mol. The Morgan fingerprint density at radius 2 is 2.04 bits per heavy atom. The molecule has 138 valence electrons. The number of halogens is 1. The molecule has 1 aliphatic heterocycles. The van der Waals surface area contributed by atoms with E-state index >= 15 is 0 Å². The summed E-state index contributed by atoms with van der Waals surface area (Å²) in [5, 5.41) is 19.3. The van der Waals surface area contributed by atoms with E-state index in [9.17, 15) is 19.7 Å². The molecule has 0 aromatic heterocycles. The van der Waals surface area contributed by atoms with Crippen LogP contribution in [0.25, 0.3) is 0 Å². The average molecular weight is 387 g/mol. The van der Waals surface area contributed by atoms with E-state index in [1.165, 1.54) is 23.2 Å². The van der Waals surface area contributed by atoms with Crippen molar-refractivity contribution in [2.45, 2.75) is 20.3 Å². The van der Waals surface area contributed by atoms with Crippen molar-refractivity contribution in [3.05, 3.63) is 68.2 Å². The van der Waals surface area contributed by atoms with Crippen molar-refractivity contribution in [2.75, 3.05) is 5.01 Å². The number of carbonyl (C=O) groups excluding carboxylic acids is 2. The molecule has 0 saturated heterocycles. The van der Waals surface area contributed by atoms with Gasteiger partial charge >= 0.3 is 0 Å². The molecule has 27 heavy (non-hydrogen) atoms. The van der Waals surface area contributed by atoms with Gasteiger partial charge in [0.2, 0.25) is 0 Å². The van der Waals surface area contributed by atoms with Crippen LogP contribution in [-0.2, 0) is 4.79 Å². The summed E-state index contributed by atoms with van der Waals surface area (Å²) in [4.78, 5) is 35.0. The predicted octanol–water partition coefficient (Wildman–Crippen LogP) is 3.35. The van der Waals surface area contributed by atoms with Crippen LogP contribution in [0.3, 0.4) is 0 Å². The highest BCUT2D eigenvalue weighted by Gasteiger charge is 2.29. The molecule has 2 aromatic rings. The van der Waals surface area contributed by atoms with Crippen molar-refractivity contribution >= 4 is 40.6 Å². The molecular formula is C18H15ClN4O4. The zero-order valence-corrected chi connectivity index (χ0v) is 15.3. The fraction of sp³-hybridized carbons (Fsp3) is 0.167. The minimum Gasteiger partial charge on any atom is -0.308 e. The van der Waals surface area contributed by atoms with E-state index in [0.717, 1.165) is 11.6 Å². The Morgan fingerprint density at radius 3 is 2.74 bits per heavy atom. The lowest BCUT2D eigenvalue weighted by Gasteiger charge is -2.18. The third kappa shape index (κ3) is 3.65. The fourth-order valence-corrected chi connectivity index (χ4v) is 2.93. The lowest BCUT2D eigenvalue weighted by atomic mass is 10.1. The molecule has 0 saturated carbocycles. The SMILES string of the molecule is Cc1ccc(Cl)c(C)c1N1N=C(NC(=O)c2cccc([N+](=O)[O-])c2)CC1=O. The average Bonchev–Trinajstić information content (AvgIpc) is 2.98. The van der Waals surface area contributed by atoms with Gasteiger partial charge in [0.1, 0.15) is 5.84 Å². The highest BCUT2D eigenvalue weighted by atomic mass is 35.5. The Morgan fingerprint density at radius 1 is 1.30 bits per heavy atom. The van der Waals surface area contributed by atoms with Crippen LogP contribution in [0.4, 0.5) is 11.4 Å². The summed E-state index contributed by atoms with van der Waals surface area (Å²) in [7, 11) is 0. The molecule has 2 amide bonds. The molecule has 1 heterocycles. The summed E-state index contributed by atoms with van der Waals surface area (Å²) in [6.45, 7) is 3.62. The van der Waals surface area contributed by atoms with Crippen molar-refractivity contribution in [3.8, 4) is 0 Å². The molecule has 0 fully saturated rings. The van der Waals surface area contributed by atoms with Crippen LogP contribution < -0.4 is 10.3 Å². The number of benzene rings is 2. The second-order valence-electron chi connectivity index (χ2n) is 6.03. The van der Waals surface area contributed by atoms with Crippen LogP contribution in [0.1, 0.15) is 27.9 Å². The summed E-state index contributed by atoms with van der Waals surface area (Å²) in [5.74, 6) is -0.722. The Balaban J connectivity index is 1.85. The molecule has 0 unspecified atom stereocenters. The highest BCUT2D eigenvalue weighted by Crippen LogP contribution is 2.32. The molecule has 8 nitrogen and oxygen atoms in total. The summed E-state index contributed by atoms with van der Waals surface area (Å²) in [6.07, 6.45) is -0.0912. The largest absolute Gasteiger partial charge is 0.308 e. The van der Waals surface area contributed by atoms with Crippen molar-refractivity contribution < 1.29 is 14.5 Å². The van der Waals surface area contributed by atoms with Crippen molar-refractivity contribution in [1.29, 1.82) is 0 Å². The van der Waals surface area contributed by atoms with Gasteiger partial charge in [-0.05, 0) is 37.1 Å². The molecule has 0 atom stereocenters. The van der Waals surface area contributed by atoms with Crippen LogP contribution >= 0.6 is 11.6 Å². The van der Waals surface area contributed by atoms with E-state index < -0.39 is 10.8 Å². The van der Waals surface area contributed by atoms with Gasteiger partial charge in [0, 0.05) is 22.7 Å². The number of aryl methyl sites for hydroxylation is 1. The van der Waals surface area contributed by atoms with Gasteiger partial charge in [-0.2, -0.15) is 10.1 Å². The van der Waals surface area contributed by atoms with E-state index in [1.54, 1.807) is 19.1 Å². The number of rotatable bonds is 3. The van der Waals surface area contributed by atoms with Gasteiger partial charge < -0.3 is 5.32 Å². The number of non-ortho nitro benzene ring substituents is 1. The summed E-state index contributed by atoms with van der Waals surface area (Å²) in [6, 6.07) is 8.84. The number of anilines is 1. The zero-order chi connectivity index (χ0) is 19.7. The third-order valence-electron chi connectivity index (χ3n) is 4.13. The Labute approximate surface area is 159 Å². The first-order valence-corrected chi connectivity index (χ1v) is 8.37. The minimum atomic E-state index is -0.584. The van der Waals surface area contributed by atoms with Crippen molar-refractivity contribution in [1.82, 2.24) is 5.32 Å². The Bertz CT molecular complexity index is 1000. The first-order chi connectivity index (χ1) is 12.8. The predicted molar refractivity (Wildman–Crippen MR) is 101 cm³/mol. The summed E-state index contributed by atoms with van der Waals surface area (Å²) >= 11 is 6.14. The molecule has 9 heteroatoms. The van der Waals surface area contributed by atoms with Gasteiger partial charge in [0.25, 0.3) is 17.5 Å². The van der Waals surface area contributed by atoms with Crippen molar-refractivity contribution in [3.63, 3.8) is 0 Å². The maximum absolute atomic E-state index is 12.4.